The van der Waals surface area contributed by atoms with Crippen molar-refractivity contribution in [2.75, 3.05) is 13.2 Å². The molecular formula is C21H40N2O7. The summed E-state index contributed by atoms with van der Waals surface area (Å²) in [6, 6.07) is -0.342. The van der Waals surface area contributed by atoms with Crippen LogP contribution in [0.15, 0.2) is 0 Å². The maximum Gasteiger partial charge on any atom is 0.508 e. The van der Waals surface area contributed by atoms with Gasteiger partial charge in [-0.1, -0.05) is 13.8 Å². The lowest BCUT2D eigenvalue weighted by Gasteiger charge is -2.23. The van der Waals surface area contributed by atoms with Crippen molar-refractivity contribution in [2.45, 2.75) is 104 Å². The highest BCUT2D eigenvalue weighted by atomic mass is 16.7. The first-order valence-electron chi connectivity index (χ1n) is 10.5. The molecule has 0 aromatic carbocycles. The number of rotatable bonds is 10. The zero-order valence-corrected chi connectivity index (χ0v) is 19.8. The second-order valence-corrected chi connectivity index (χ2v) is 9.03. The van der Waals surface area contributed by atoms with Gasteiger partial charge in [0.15, 0.2) is 0 Å². The lowest BCUT2D eigenvalue weighted by Crippen LogP contribution is -2.39. The smallest absolute Gasteiger partial charge is 0.444 e. The zero-order chi connectivity index (χ0) is 23.4. The van der Waals surface area contributed by atoms with Crippen molar-refractivity contribution in [3.63, 3.8) is 0 Å². The Labute approximate surface area is 180 Å². The molecular weight excluding hydrogens is 392 g/mol. The molecule has 2 N–H and O–H groups in total. The molecule has 2 atom stereocenters. The van der Waals surface area contributed by atoms with Crippen molar-refractivity contribution in [3.05, 3.63) is 0 Å². The third-order valence-corrected chi connectivity index (χ3v) is 3.80. The highest BCUT2D eigenvalue weighted by molar-refractivity contribution is 5.68. The summed E-state index contributed by atoms with van der Waals surface area (Å²) < 4.78 is 20.5. The van der Waals surface area contributed by atoms with E-state index in [1.54, 1.807) is 41.5 Å². The Morgan fingerprint density at radius 1 is 0.700 bits per heavy atom. The molecule has 9 heteroatoms. The molecule has 0 aliphatic rings. The predicted molar refractivity (Wildman–Crippen MR) is 113 cm³/mol. The van der Waals surface area contributed by atoms with Crippen LogP contribution in [0.25, 0.3) is 0 Å². The highest BCUT2D eigenvalue weighted by Gasteiger charge is 2.20. The van der Waals surface area contributed by atoms with Crippen LogP contribution >= 0.6 is 0 Å². The third-order valence-electron chi connectivity index (χ3n) is 3.80. The van der Waals surface area contributed by atoms with E-state index in [9.17, 15) is 14.4 Å². The number of nitrogens with one attached hydrogen (secondary N) is 2. The van der Waals surface area contributed by atoms with Gasteiger partial charge >= 0.3 is 18.3 Å². The van der Waals surface area contributed by atoms with E-state index in [1.165, 1.54) is 0 Å². The Hall–Kier alpha value is -2.19. The topological polar surface area (TPSA) is 112 Å². The third kappa shape index (κ3) is 15.7. The first-order valence-corrected chi connectivity index (χ1v) is 10.5. The Morgan fingerprint density at radius 2 is 1.03 bits per heavy atom. The number of carbonyl (C=O) groups excluding carboxylic acids is 3. The first kappa shape index (κ1) is 27.8. The molecule has 2 amide bonds. The molecule has 0 rings (SSSR count). The van der Waals surface area contributed by atoms with Gasteiger partial charge in [-0.25, -0.2) is 14.4 Å². The fraction of sp³-hybridized carbons (Fsp3) is 0.857. The Balaban J connectivity index is 4.12. The average Bonchev–Trinajstić information content (AvgIpc) is 2.56. The summed E-state index contributed by atoms with van der Waals surface area (Å²) in [4.78, 5) is 35.3. The zero-order valence-electron chi connectivity index (χ0n) is 19.8. The second-order valence-electron chi connectivity index (χ2n) is 9.03. The van der Waals surface area contributed by atoms with Crippen LogP contribution < -0.4 is 10.6 Å². The van der Waals surface area contributed by atoms with Crippen molar-refractivity contribution in [1.82, 2.24) is 10.6 Å². The molecule has 0 heterocycles. The van der Waals surface area contributed by atoms with Crippen LogP contribution in [-0.4, -0.2) is 54.8 Å². The van der Waals surface area contributed by atoms with Gasteiger partial charge in [0.2, 0.25) is 0 Å². The normalized spacial score (nSPS) is 13.6. The lowest BCUT2D eigenvalue weighted by atomic mass is 10.1. The summed E-state index contributed by atoms with van der Waals surface area (Å²) in [5.41, 5.74) is -1.14. The SMILES string of the molecule is CCC(CCOC(=O)OCCC(CC)NC(=O)OC(C)(C)C)NC(=O)OC(C)(C)C. The van der Waals surface area contributed by atoms with Gasteiger partial charge in [-0.2, -0.15) is 0 Å². The molecule has 0 bridgehead atoms. The predicted octanol–water partition coefficient (Wildman–Crippen LogP) is 4.53. The minimum atomic E-state index is -0.783. The first-order chi connectivity index (χ1) is 13.8. The van der Waals surface area contributed by atoms with Crippen molar-refractivity contribution in [1.29, 1.82) is 0 Å². The van der Waals surface area contributed by atoms with E-state index >= 15 is 0 Å². The van der Waals surface area contributed by atoms with Crippen LogP contribution in [0.4, 0.5) is 14.4 Å². The molecule has 0 aliphatic carbocycles. The maximum absolute atomic E-state index is 11.8. The van der Waals surface area contributed by atoms with Crippen LogP contribution in [0, 0.1) is 0 Å². The number of carbonyl (C=O) groups is 3. The van der Waals surface area contributed by atoms with Gasteiger partial charge in [0.1, 0.15) is 11.2 Å². The molecule has 0 saturated heterocycles. The van der Waals surface area contributed by atoms with E-state index in [0.717, 1.165) is 0 Å². The van der Waals surface area contributed by atoms with Crippen molar-refractivity contribution >= 4 is 18.3 Å². The fourth-order valence-electron chi connectivity index (χ4n) is 2.32. The quantitative estimate of drug-likeness (QED) is 0.385. The molecule has 0 spiro atoms. The summed E-state index contributed by atoms with van der Waals surface area (Å²) in [6.07, 6.45) is 0.457. The average molecular weight is 433 g/mol. The van der Waals surface area contributed by atoms with E-state index in [0.29, 0.717) is 25.7 Å². The largest absolute Gasteiger partial charge is 0.508 e. The molecule has 0 aliphatic heterocycles. The molecule has 0 aromatic heterocycles. The maximum atomic E-state index is 11.8. The fourth-order valence-corrected chi connectivity index (χ4v) is 2.32. The summed E-state index contributed by atoms with van der Waals surface area (Å²) in [5, 5.41) is 5.50. The number of alkyl carbamates (subject to hydrolysis) is 2. The lowest BCUT2D eigenvalue weighted by molar-refractivity contribution is 0.0425. The molecule has 0 radical (unpaired) electrons. The Morgan fingerprint density at radius 3 is 1.30 bits per heavy atom. The Bertz CT molecular complexity index is 492. The van der Waals surface area contributed by atoms with E-state index in [-0.39, 0.29) is 25.3 Å². The van der Waals surface area contributed by atoms with Gasteiger partial charge in [0, 0.05) is 24.9 Å². The summed E-state index contributed by atoms with van der Waals surface area (Å²) in [5.74, 6) is 0. The van der Waals surface area contributed by atoms with Gasteiger partial charge in [0.25, 0.3) is 0 Å². The minimum absolute atomic E-state index is 0.112. The number of amides is 2. The number of hydrogen-bond donors (Lipinski definition) is 2. The molecule has 0 fully saturated rings. The second kappa shape index (κ2) is 13.2. The highest BCUT2D eigenvalue weighted by Crippen LogP contribution is 2.09. The molecule has 0 saturated carbocycles. The molecule has 30 heavy (non-hydrogen) atoms. The Kier molecular flexibility index (Phi) is 12.2. The van der Waals surface area contributed by atoms with Crippen molar-refractivity contribution in [3.8, 4) is 0 Å². The van der Waals surface area contributed by atoms with Gasteiger partial charge in [0.05, 0.1) is 13.2 Å². The van der Waals surface area contributed by atoms with E-state index in [1.807, 2.05) is 13.8 Å². The van der Waals surface area contributed by atoms with E-state index in [2.05, 4.69) is 10.6 Å². The standard InChI is InChI=1S/C21H40N2O7/c1-9-15(22-17(24)29-20(3,4)5)11-13-27-19(26)28-14-12-16(10-2)23-18(25)30-21(6,7)8/h15-16H,9-14H2,1-8H3,(H,22,24)(H,23,25). The van der Waals surface area contributed by atoms with Gasteiger partial charge in [-0.05, 0) is 54.4 Å². The number of hydrogen-bond acceptors (Lipinski definition) is 7. The van der Waals surface area contributed by atoms with Gasteiger partial charge in [-0.3, -0.25) is 0 Å². The van der Waals surface area contributed by atoms with Crippen LogP contribution in [0.2, 0.25) is 0 Å². The minimum Gasteiger partial charge on any atom is -0.444 e. The van der Waals surface area contributed by atoms with Crippen LogP contribution in [-0.2, 0) is 18.9 Å². The molecule has 176 valence electrons. The van der Waals surface area contributed by atoms with Crippen molar-refractivity contribution in [2.24, 2.45) is 0 Å². The molecule has 0 aromatic rings. The van der Waals surface area contributed by atoms with E-state index in [4.69, 9.17) is 18.9 Å². The van der Waals surface area contributed by atoms with Crippen molar-refractivity contribution < 1.29 is 33.3 Å². The van der Waals surface area contributed by atoms with Gasteiger partial charge in [-0.15, -0.1) is 0 Å². The van der Waals surface area contributed by atoms with Crippen LogP contribution in [0.3, 0.4) is 0 Å². The summed E-state index contributed by atoms with van der Waals surface area (Å²) in [7, 11) is 0. The van der Waals surface area contributed by atoms with E-state index < -0.39 is 29.5 Å². The summed E-state index contributed by atoms with van der Waals surface area (Å²) in [6.45, 7) is 14.8. The monoisotopic (exact) mass is 432 g/mol. The van der Waals surface area contributed by atoms with Crippen LogP contribution in [0.1, 0.15) is 81.1 Å². The van der Waals surface area contributed by atoms with Gasteiger partial charge < -0.3 is 29.6 Å². The molecule has 2 unspecified atom stereocenters. The van der Waals surface area contributed by atoms with Crippen LogP contribution in [0.5, 0.6) is 0 Å². The summed E-state index contributed by atoms with van der Waals surface area (Å²) >= 11 is 0. The molecule has 9 nitrogen and oxygen atoms in total. The number of ether oxygens (including phenoxy) is 4.